The average molecular weight is 578 g/mol. The summed E-state index contributed by atoms with van der Waals surface area (Å²) in [6.45, 7) is 1.39. The fraction of sp³-hybridized carbons (Fsp3) is 0.241. The van der Waals surface area contributed by atoms with Crippen molar-refractivity contribution in [3.8, 4) is 11.5 Å². The second-order valence-electron chi connectivity index (χ2n) is 9.70. The fourth-order valence-corrected chi connectivity index (χ4v) is 5.76. The lowest BCUT2D eigenvalue weighted by molar-refractivity contribution is -0.119. The normalized spacial score (nSPS) is 14.9. The number of likely N-dealkylation sites (N-methyl/N-ethyl adjacent to an activating group) is 1. The Morgan fingerprint density at radius 3 is 2.67 bits per heavy atom. The van der Waals surface area contributed by atoms with Crippen LogP contribution >= 0.6 is 23.6 Å². The Balaban J connectivity index is 1.24. The summed E-state index contributed by atoms with van der Waals surface area (Å²) in [4.78, 5) is 34.3. The topological polar surface area (TPSA) is 86.8 Å². The van der Waals surface area contributed by atoms with E-state index in [1.54, 1.807) is 24.4 Å². The van der Waals surface area contributed by atoms with Gasteiger partial charge in [-0.15, -0.1) is 11.3 Å². The van der Waals surface area contributed by atoms with Gasteiger partial charge in [0, 0.05) is 43.1 Å². The fourth-order valence-electron chi connectivity index (χ4n) is 4.50. The first-order chi connectivity index (χ1) is 19.3. The smallest absolute Gasteiger partial charge is 0.264 e. The highest BCUT2D eigenvalue weighted by Gasteiger charge is 2.29. The standard InChI is InChI=1S/C29H28FN5O3S2/c1-34(2)20-11-13-35(17-20)28(37)25-16-22-27(40-25)24(10-12-31-22)38-23-9-8-19(15-21(23)30)32-29(39)33-26(36)14-18-6-4-3-5-7-18/h3-10,12,15-16,20H,11,13-14,17H2,1-2H3,(H2,32,33,36,39)/t20-/m1/s1. The van der Waals surface area contributed by atoms with Crippen LogP contribution in [-0.4, -0.2) is 64.9 Å². The molecule has 4 aromatic rings. The van der Waals surface area contributed by atoms with E-state index in [1.165, 1.54) is 23.5 Å². The summed E-state index contributed by atoms with van der Waals surface area (Å²) in [6, 6.07) is 17.4. The number of carbonyl (C=O) groups excluding carboxylic acids is 2. The molecule has 0 spiro atoms. The lowest BCUT2D eigenvalue weighted by Gasteiger charge is -2.19. The molecule has 0 bridgehead atoms. The van der Waals surface area contributed by atoms with E-state index in [4.69, 9.17) is 17.0 Å². The van der Waals surface area contributed by atoms with E-state index in [2.05, 4.69) is 20.5 Å². The number of likely N-dealkylation sites (tertiary alicyclic amines) is 1. The number of hydrogen-bond acceptors (Lipinski definition) is 7. The number of nitrogens with one attached hydrogen (secondary N) is 2. The van der Waals surface area contributed by atoms with Gasteiger partial charge in [0.15, 0.2) is 16.7 Å². The van der Waals surface area contributed by atoms with E-state index in [0.29, 0.717) is 45.7 Å². The first-order valence-corrected chi connectivity index (χ1v) is 14.0. The molecule has 1 saturated heterocycles. The van der Waals surface area contributed by atoms with Crippen LogP contribution < -0.4 is 15.4 Å². The van der Waals surface area contributed by atoms with Gasteiger partial charge in [0.25, 0.3) is 5.91 Å². The van der Waals surface area contributed by atoms with Crippen molar-refractivity contribution < 1.29 is 18.7 Å². The molecule has 0 aliphatic carbocycles. The molecule has 5 rings (SSSR count). The summed E-state index contributed by atoms with van der Waals surface area (Å²) in [6.07, 6.45) is 2.68. The minimum Gasteiger partial charge on any atom is -0.453 e. The van der Waals surface area contributed by atoms with Crippen molar-refractivity contribution in [2.24, 2.45) is 0 Å². The molecule has 2 aromatic carbocycles. The molecular formula is C29H28FN5O3S2. The van der Waals surface area contributed by atoms with Crippen LogP contribution in [0.3, 0.4) is 0 Å². The highest BCUT2D eigenvalue weighted by Crippen LogP contribution is 2.37. The maximum atomic E-state index is 15.0. The molecule has 2 amide bonds. The number of thiophene rings is 1. The van der Waals surface area contributed by atoms with Crippen LogP contribution in [0.1, 0.15) is 21.7 Å². The first kappa shape index (κ1) is 27.6. The van der Waals surface area contributed by atoms with Crippen molar-refractivity contribution in [2.45, 2.75) is 18.9 Å². The predicted molar refractivity (Wildman–Crippen MR) is 159 cm³/mol. The number of carbonyl (C=O) groups is 2. The largest absolute Gasteiger partial charge is 0.453 e. The van der Waals surface area contributed by atoms with Gasteiger partial charge in [-0.05, 0) is 56.5 Å². The number of amides is 2. The van der Waals surface area contributed by atoms with Crippen molar-refractivity contribution in [3.05, 3.63) is 83.1 Å². The third kappa shape index (κ3) is 6.44. The molecule has 3 heterocycles. The summed E-state index contributed by atoms with van der Waals surface area (Å²) in [7, 11) is 4.04. The number of pyridine rings is 1. The molecule has 8 nitrogen and oxygen atoms in total. The zero-order valence-electron chi connectivity index (χ0n) is 22.0. The van der Waals surface area contributed by atoms with Gasteiger partial charge in [-0.3, -0.25) is 14.6 Å². The Bertz CT molecular complexity index is 1560. The molecule has 0 saturated carbocycles. The number of aromatic nitrogens is 1. The van der Waals surface area contributed by atoms with Crippen LogP contribution in [0, 0.1) is 5.82 Å². The first-order valence-electron chi connectivity index (χ1n) is 12.7. The summed E-state index contributed by atoms with van der Waals surface area (Å²) >= 11 is 6.50. The van der Waals surface area contributed by atoms with Crippen LogP contribution in [0.2, 0.25) is 0 Å². The Labute approximate surface area is 240 Å². The minimum atomic E-state index is -0.618. The number of nitrogens with zero attached hydrogens (tertiary/aromatic N) is 3. The second-order valence-corrected chi connectivity index (χ2v) is 11.2. The van der Waals surface area contributed by atoms with E-state index in [0.717, 1.165) is 12.0 Å². The molecule has 40 heavy (non-hydrogen) atoms. The van der Waals surface area contributed by atoms with Gasteiger partial charge in [0.1, 0.15) is 5.75 Å². The molecule has 1 atom stereocenters. The molecule has 0 unspecified atom stereocenters. The summed E-state index contributed by atoms with van der Waals surface area (Å²) in [5.41, 5.74) is 1.83. The van der Waals surface area contributed by atoms with Crippen LogP contribution in [0.25, 0.3) is 10.2 Å². The van der Waals surface area contributed by atoms with E-state index in [-0.39, 0.29) is 29.1 Å². The molecule has 1 fully saturated rings. The van der Waals surface area contributed by atoms with Crippen LogP contribution in [-0.2, 0) is 11.2 Å². The van der Waals surface area contributed by atoms with Crippen LogP contribution in [0.4, 0.5) is 10.1 Å². The van der Waals surface area contributed by atoms with Crippen molar-refractivity contribution in [2.75, 3.05) is 32.5 Å². The molecule has 2 aromatic heterocycles. The van der Waals surface area contributed by atoms with E-state index < -0.39 is 5.82 Å². The highest BCUT2D eigenvalue weighted by molar-refractivity contribution is 7.80. The Hall–Kier alpha value is -3.93. The molecule has 0 radical (unpaired) electrons. The second kappa shape index (κ2) is 12.1. The molecule has 11 heteroatoms. The summed E-state index contributed by atoms with van der Waals surface area (Å²) < 4.78 is 21.6. The van der Waals surface area contributed by atoms with Gasteiger partial charge in [0.05, 0.1) is 21.5 Å². The maximum Gasteiger partial charge on any atom is 0.264 e. The third-order valence-electron chi connectivity index (χ3n) is 6.64. The minimum absolute atomic E-state index is 0.00623. The number of rotatable bonds is 7. The van der Waals surface area contributed by atoms with Crippen molar-refractivity contribution in [1.29, 1.82) is 0 Å². The Kier molecular flexibility index (Phi) is 8.34. The predicted octanol–water partition coefficient (Wildman–Crippen LogP) is 5.06. The van der Waals surface area contributed by atoms with Gasteiger partial charge >= 0.3 is 0 Å². The number of anilines is 1. The van der Waals surface area contributed by atoms with E-state index >= 15 is 4.39 Å². The third-order valence-corrected chi connectivity index (χ3v) is 7.97. The van der Waals surface area contributed by atoms with Gasteiger partial charge in [-0.1, -0.05) is 30.3 Å². The maximum absolute atomic E-state index is 15.0. The number of ether oxygens (including phenoxy) is 1. The number of fused-ring (bicyclic) bond motifs is 1. The number of benzene rings is 2. The zero-order valence-corrected chi connectivity index (χ0v) is 23.7. The summed E-state index contributed by atoms with van der Waals surface area (Å²) in [5, 5.41) is 5.49. The lowest BCUT2D eigenvalue weighted by atomic mass is 10.1. The van der Waals surface area contributed by atoms with Crippen molar-refractivity contribution >= 4 is 56.4 Å². The van der Waals surface area contributed by atoms with Crippen molar-refractivity contribution in [3.63, 3.8) is 0 Å². The quantitative estimate of drug-likeness (QED) is 0.297. The Morgan fingerprint density at radius 2 is 1.95 bits per heavy atom. The Morgan fingerprint density at radius 1 is 1.15 bits per heavy atom. The van der Waals surface area contributed by atoms with E-state index in [1.807, 2.05) is 49.3 Å². The van der Waals surface area contributed by atoms with Crippen LogP contribution in [0.15, 0.2) is 66.9 Å². The lowest BCUT2D eigenvalue weighted by Crippen LogP contribution is -2.35. The molecule has 2 N–H and O–H groups in total. The molecule has 206 valence electrons. The molecule has 1 aliphatic heterocycles. The van der Waals surface area contributed by atoms with Crippen molar-refractivity contribution in [1.82, 2.24) is 20.1 Å². The number of thiocarbonyl (C=S) groups is 1. The summed E-state index contributed by atoms with van der Waals surface area (Å²) in [5.74, 6) is -0.515. The van der Waals surface area contributed by atoms with E-state index in [9.17, 15) is 9.59 Å². The van der Waals surface area contributed by atoms with Gasteiger partial charge < -0.3 is 25.2 Å². The van der Waals surface area contributed by atoms with Gasteiger partial charge in [-0.2, -0.15) is 0 Å². The highest BCUT2D eigenvalue weighted by atomic mass is 32.1. The van der Waals surface area contributed by atoms with Gasteiger partial charge in [-0.25, -0.2) is 4.39 Å². The number of halogens is 1. The zero-order chi connectivity index (χ0) is 28.2. The molecular weight excluding hydrogens is 549 g/mol. The SMILES string of the molecule is CN(C)[C@@H]1CCN(C(=O)c2cc3nccc(Oc4ccc(NC(=S)NC(=O)Cc5ccccc5)cc4F)c3s2)C1. The molecule has 1 aliphatic rings. The van der Waals surface area contributed by atoms with Crippen LogP contribution in [0.5, 0.6) is 11.5 Å². The monoisotopic (exact) mass is 577 g/mol. The average Bonchev–Trinajstić information content (AvgIpc) is 3.59. The van der Waals surface area contributed by atoms with Gasteiger partial charge in [0.2, 0.25) is 5.91 Å². The number of hydrogen-bond donors (Lipinski definition) is 2.